The summed E-state index contributed by atoms with van der Waals surface area (Å²) in [6.45, 7) is 1.09. The number of nitrogens with one attached hydrogen (secondary N) is 1. The number of nitrogens with zero attached hydrogens (tertiary/aromatic N) is 1. The minimum absolute atomic E-state index is 0. The molecule has 8 nitrogen and oxygen atoms in total. The fraction of sp³-hybridized carbons (Fsp3) is 0.172. The molecular weight excluding hydrogens is 563 g/mol. The number of aromatic carboxylic acids is 1. The van der Waals surface area contributed by atoms with Gasteiger partial charge in [0.05, 0.1) is 15.9 Å². The van der Waals surface area contributed by atoms with Crippen LogP contribution in [0.4, 0.5) is 0 Å². The second-order valence-corrected chi connectivity index (χ2v) is 11.2. The van der Waals surface area contributed by atoms with E-state index in [4.69, 9.17) is 16.3 Å². The molecule has 4 aromatic rings. The summed E-state index contributed by atoms with van der Waals surface area (Å²) in [6, 6.07) is 22.5. The molecule has 1 aromatic heterocycles. The minimum atomic E-state index is -3.83. The maximum Gasteiger partial charge on any atom is 1.00 e. The van der Waals surface area contributed by atoms with Crippen LogP contribution in [-0.2, 0) is 16.3 Å². The fourth-order valence-corrected chi connectivity index (χ4v) is 5.41. The molecule has 0 bridgehead atoms. The smallest absolute Gasteiger partial charge is 1.00 e. The van der Waals surface area contributed by atoms with Gasteiger partial charge >= 0.3 is 35.5 Å². The summed E-state index contributed by atoms with van der Waals surface area (Å²) in [5, 5.41) is 23.4. The van der Waals surface area contributed by atoms with E-state index in [0.717, 1.165) is 24.0 Å². The number of rotatable bonds is 12. The third-order valence-electron chi connectivity index (χ3n) is 5.96. The summed E-state index contributed by atoms with van der Waals surface area (Å²) in [5.74, 6) is -1.17. The molecule has 0 saturated carbocycles. The van der Waals surface area contributed by atoms with Crippen molar-refractivity contribution in [2.24, 2.45) is 0 Å². The number of sulfone groups is 1. The third kappa shape index (κ3) is 8.37. The van der Waals surface area contributed by atoms with Crippen molar-refractivity contribution in [2.45, 2.75) is 28.7 Å². The molecule has 0 aliphatic heterocycles. The van der Waals surface area contributed by atoms with E-state index in [1.165, 1.54) is 42.6 Å². The molecule has 1 heterocycles. The van der Waals surface area contributed by atoms with Crippen LogP contribution in [0.2, 0.25) is 5.02 Å². The Morgan fingerprint density at radius 1 is 1.00 bits per heavy atom. The molecule has 0 fully saturated rings. The molecule has 4 rings (SSSR count). The number of aliphatic hydroxyl groups excluding tert-OH is 1. The molecule has 0 unspecified atom stereocenters. The van der Waals surface area contributed by atoms with E-state index in [1.54, 1.807) is 42.5 Å². The molecule has 0 aliphatic rings. The van der Waals surface area contributed by atoms with Crippen LogP contribution >= 0.6 is 11.6 Å². The minimum Gasteiger partial charge on any atom is -1.00 e. The van der Waals surface area contributed by atoms with Crippen LogP contribution in [0.25, 0.3) is 0 Å². The molecule has 3 N–H and O–H groups in total. The molecule has 204 valence electrons. The van der Waals surface area contributed by atoms with Crippen molar-refractivity contribution in [1.29, 1.82) is 0 Å². The van der Waals surface area contributed by atoms with E-state index in [0.29, 0.717) is 18.1 Å². The monoisotopic (exact) mass is 590 g/mol. The van der Waals surface area contributed by atoms with Gasteiger partial charge in [-0.2, -0.15) is 0 Å². The summed E-state index contributed by atoms with van der Waals surface area (Å²) in [6.07, 6.45) is 2.28. The first kappa shape index (κ1) is 31.8. The summed E-state index contributed by atoms with van der Waals surface area (Å²) in [5.41, 5.74) is 1.61. The van der Waals surface area contributed by atoms with Crippen molar-refractivity contribution < 1.29 is 59.1 Å². The predicted octanol–water partition coefficient (Wildman–Crippen LogP) is 2.43. The van der Waals surface area contributed by atoms with Gasteiger partial charge in [0.25, 0.3) is 0 Å². The van der Waals surface area contributed by atoms with Gasteiger partial charge in [-0.05, 0) is 85.1 Å². The number of hydrogen-bond donors (Lipinski definition) is 3. The molecule has 0 amide bonds. The Morgan fingerprint density at radius 3 is 2.48 bits per heavy atom. The molecule has 40 heavy (non-hydrogen) atoms. The van der Waals surface area contributed by atoms with Crippen LogP contribution in [0.5, 0.6) is 11.6 Å². The first-order valence-electron chi connectivity index (χ1n) is 12.2. The zero-order chi connectivity index (χ0) is 27.8. The second kappa shape index (κ2) is 14.7. The first-order valence-corrected chi connectivity index (χ1v) is 14.0. The molecule has 0 aliphatic carbocycles. The number of halogens is 1. The van der Waals surface area contributed by atoms with Gasteiger partial charge in [-0.1, -0.05) is 41.9 Å². The number of pyridine rings is 1. The Bertz CT molecular complexity index is 1560. The van der Waals surface area contributed by atoms with Gasteiger partial charge in [0.2, 0.25) is 15.7 Å². The quantitative estimate of drug-likeness (QED) is 0.170. The maximum absolute atomic E-state index is 13.2. The van der Waals surface area contributed by atoms with Crippen LogP contribution < -0.4 is 39.6 Å². The number of aryl methyl sites for hydroxylation is 1. The van der Waals surface area contributed by atoms with Gasteiger partial charge in [0, 0.05) is 17.8 Å². The Hall–Kier alpha value is -2.76. The van der Waals surface area contributed by atoms with Gasteiger partial charge in [-0.3, -0.25) is 0 Å². The molecule has 1 atom stereocenters. The number of aliphatic hydroxyl groups is 1. The van der Waals surface area contributed by atoms with Crippen LogP contribution in [0.3, 0.4) is 0 Å². The topological polar surface area (TPSA) is 126 Å². The molecular formula is C29H28ClN2NaO6S. The Balaban J connectivity index is 0.00000294. The molecule has 0 spiro atoms. The van der Waals surface area contributed by atoms with Gasteiger partial charge < -0.3 is 21.7 Å². The largest absolute Gasteiger partial charge is 1.00 e. The van der Waals surface area contributed by atoms with Crippen molar-refractivity contribution in [3.05, 3.63) is 113 Å². The number of ether oxygens (including phenoxy) is 1. The fourth-order valence-electron chi connectivity index (χ4n) is 3.91. The molecule has 0 radical (unpaired) electrons. The number of benzene rings is 3. The molecule has 3 aromatic carbocycles. The van der Waals surface area contributed by atoms with Crippen LogP contribution in [0.1, 0.15) is 35.4 Å². The zero-order valence-electron chi connectivity index (χ0n) is 22.8. The molecule has 0 saturated heterocycles. The molecule has 11 heteroatoms. The zero-order valence-corrected chi connectivity index (χ0v) is 25.4. The summed E-state index contributed by atoms with van der Waals surface area (Å²) < 4.78 is 32.0. The average Bonchev–Trinajstić information content (AvgIpc) is 2.93. The van der Waals surface area contributed by atoms with Gasteiger partial charge in [-0.15, -0.1) is 0 Å². The SMILES string of the molecule is O=C(O)c1cccnc1Oc1cccc(S(=O)(=O)c2ccc(CCCNC[C@@H](O)c3cccc(Cl)c3)cc2)c1.[H-].[Na+]. The average molecular weight is 591 g/mol. The van der Waals surface area contributed by atoms with E-state index in [2.05, 4.69) is 10.3 Å². The van der Waals surface area contributed by atoms with E-state index >= 15 is 0 Å². The van der Waals surface area contributed by atoms with Gasteiger partial charge in [0.15, 0.2) is 0 Å². The third-order valence-corrected chi connectivity index (χ3v) is 7.96. The van der Waals surface area contributed by atoms with Crippen LogP contribution in [0.15, 0.2) is 101 Å². The van der Waals surface area contributed by atoms with Gasteiger partial charge in [-0.25, -0.2) is 18.2 Å². The normalized spacial score (nSPS) is 11.8. The van der Waals surface area contributed by atoms with Crippen LogP contribution in [0, 0.1) is 0 Å². The second-order valence-electron chi connectivity index (χ2n) is 8.76. The van der Waals surface area contributed by atoms with Crippen molar-refractivity contribution in [2.75, 3.05) is 13.1 Å². The number of hydrogen-bond acceptors (Lipinski definition) is 7. The first-order chi connectivity index (χ1) is 18.7. The number of carboxylic acid groups (broad SMARTS) is 1. The predicted molar refractivity (Wildman–Crippen MR) is 148 cm³/mol. The number of aromatic nitrogens is 1. The van der Waals surface area contributed by atoms with Crippen LogP contribution in [-0.4, -0.2) is 42.7 Å². The Labute approximate surface area is 261 Å². The summed E-state index contributed by atoms with van der Waals surface area (Å²) in [4.78, 5) is 15.5. The Morgan fingerprint density at radius 2 is 1.75 bits per heavy atom. The van der Waals surface area contributed by atoms with Crippen molar-refractivity contribution in [3.63, 3.8) is 0 Å². The van der Waals surface area contributed by atoms with E-state index in [9.17, 15) is 23.4 Å². The van der Waals surface area contributed by atoms with Crippen molar-refractivity contribution in [1.82, 2.24) is 10.3 Å². The van der Waals surface area contributed by atoms with Gasteiger partial charge in [0.1, 0.15) is 11.3 Å². The maximum atomic E-state index is 13.2. The Kier molecular flexibility index (Phi) is 11.7. The summed E-state index contributed by atoms with van der Waals surface area (Å²) in [7, 11) is -3.83. The standard InChI is InChI=1S/C29H27ClN2O6S.Na.H/c30-22-7-1-6-21(17-22)27(33)19-31-15-3-5-20-11-13-24(14-12-20)39(36,37)25-9-2-8-23(18-25)38-28-26(29(34)35)10-4-16-32-28;;/h1-2,4,6-14,16-18,27,31,33H,3,5,15,19H2,(H,34,35);;/q;+1;-1/t27-;;/m1../s1. The van der Waals surface area contributed by atoms with Crippen molar-refractivity contribution >= 4 is 27.4 Å². The summed E-state index contributed by atoms with van der Waals surface area (Å²) >= 11 is 5.97. The number of carbonyl (C=O) groups is 1. The number of carboxylic acids is 1. The van der Waals surface area contributed by atoms with E-state index < -0.39 is 21.9 Å². The van der Waals surface area contributed by atoms with Crippen molar-refractivity contribution in [3.8, 4) is 11.6 Å². The van der Waals surface area contributed by atoms with E-state index in [1.807, 2.05) is 6.07 Å². The van der Waals surface area contributed by atoms with E-state index in [-0.39, 0.29) is 58.0 Å².